The summed E-state index contributed by atoms with van der Waals surface area (Å²) in [6.45, 7) is 7.68. The monoisotopic (exact) mass is 372 g/mol. The molecule has 2 rings (SSSR count). The number of methoxy groups -OCH3 is 1. The van der Waals surface area contributed by atoms with Crippen LogP contribution in [-0.2, 0) is 16.0 Å². The van der Waals surface area contributed by atoms with Gasteiger partial charge in [0.25, 0.3) is 0 Å². The van der Waals surface area contributed by atoms with Crippen LogP contribution in [0.15, 0.2) is 24.3 Å². The van der Waals surface area contributed by atoms with Gasteiger partial charge in [-0.1, -0.05) is 6.07 Å². The van der Waals surface area contributed by atoms with Gasteiger partial charge in [-0.15, -0.1) is 0 Å². The molecule has 0 atom stereocenters. The first kappa shape index (κ1) is 20.5. The highest BCUT2D eigenvalue weighted by atomic mass is 16.5. The number of amides is 2. The molecule has 0 bridgehead atoms. The molecule has 0 aliphatic carbocycles. The highest BCUT2D eigenvalue weighted by molar-refractivity contribution is 5.84. The van der Waals surface area contributed by atoms with Gasteiger partial charge in [-0.2, -0.15) is 5.10 Å². The van der Waals surface area contributed by atoms with Gasteiger partial charge < -0.3 is 15.4 Å². The molecular weight excluding hydrogens is 344 g/mol. The van der Waals surface area contributed by atoms with Gasteiger partial charge in [0.1, 0.15) is 5.75 Å². The Bertz CT molecular complexity index is 812. The minimum Gasteiger partial charge on any atom is -0.497 e. The Kier molecular flexibility index (Phi) is 6.98. The lowest BCUT2D eigenvalue weighted by Crippen LogP contribution is -2.39. The van der Waals surface area contributed by atoms with E-state index in [2.05, 4.69) is 15.7 Å². The summed E-state index contributed by atoms with van der Waals surface area (Å²) in [5.74, 6) is 0.430. The second kappa shape index (κ2) is 9.21. The average Bonchev–Trinajstić information content (AvgIpc) is 2.91. The maximum atomic E-state index is 12.1. The fourth-order valence-electron chi connectivity index (χ4n) is 2.91. The lowest BCUT2D eigenvalue weighted by molar-refractivity contribution is -0.126. The molecule has 2 aromatic rings. The van der Waals surface area contributed by atoms with E-state index in [-0.39, 0.29) is 24.4 Å². The molecule has 2 amide bonds. The molecule has 146 valence electrons. The molecule has 1 aromatic carbocycles. The van der Waals surface area contributed by atoms with E-state index in [9.17, 15) is 9.59 Å². The van der Waals surface area contributed by atoms with Gasteiger partial charge in [0.05, 0.1) is 25.0 Å². The molecule has 0 radical (unpaired) electrons. The van der Waals surface area contributed by atoms with Crippen LogP contribution in [-0.4, -0.2) is 41.3 Å². The summed E-state index contributed by atoms with van der Waals surface area (Å²) in [5, 5.41) is 10.0. The minimum atomic E-state index is -0.184. The highest BCUT2D eigenvalue weighted by Crippen LogP contribution is 2.22. The SMILES string of the molecule is COc1cccc(-n2nc(C)c(CCC(=O)NCC(=O)NC(C)C)c2C)c1. The van der Waals surface area contributed by atoms with Crippen molar-refractivity contribution in [2.45, 2.75) is 46.6 Å². The van der Waals surface area contributed by atoms with Gasteiger partial charge in [0, 0.05) is 24.2 Å². The number of nitrogens with one attached hydrogen (secondary N) is 2. The van der Waals surface area contributed by atoms with E-state index in [0.29, 0.717) is 12.8 Å². The van der Waals surface area contributed by atoms with Gasteiger partial charge in [0.15, 0.2) is 0 Å². The third kappa shape index (κ3) is 5.57. The Morgan fingerprint density at radius 1 is 1.22 bits per heavy atom. The van der Waals surface area contributed by atoms with Crippen LogP contribution in [0, 0.1) is 13.8 Å². The quantitative estimate of drug-likeness (QED) is 0.743. The summed E-state index contributed by atoms with van der Waals surface area (Å²) in [4.78, 5) is 23.7. The van der Waals surface area contributed by atoms with E-state index in [4.69, 9.17) is 4.74 Å². The van der Waals surface area contributed by atoms with Gasteiger partial charge in [0.2, 0.25) is 11.8 Å². The number of carbonyl (C=O) groups is 2. The zero-order valence-corrected chi connectivity index (χ0v) is 16.6. The molecule has 0 saturated carbocycles. The fourth-order valence-corrected chi connectivity index (χ4v) is 2.91. The van der Waals surface area contributed by atoms with Gasteiger partial charge in [-0.05, 0) is 51.8 Å². The van der Waals surface area contributed by atoms with Crippen LogP contribution in [0.25, 0.3) is 5.69 Å². The van der Waals surface area contributed by atoms with E-state index < -0.39 is 0 Å². The van der Waals surface area contributed by atoms with Crippen molar-refractivity contribution in [3.8, 4) is 11.4 Å². The van der Waals surface area contributed by atoms with Crippen LogP contribution in [0.4, 0.5) is 0 Å². The summed E-state index contributed by atoms with van der Waals surface area (Å²) < 4.78 is 7.14. The Labute approximate surface area is 160 Å². The first-order valence-corrected chi connectivity index (χ1v) is 9.07. The second-order valence-electron chi connectivity index (χ2n) is 6.76. The van der Waals surface area contributed by atoms with E-state index in [1.807, 2.05) is 56.6 Å². The van der Waals surface area contributed by atoms with Crippen molar-refractivity contribution in [2.75, 3.05) is 13.7 Å². The Hall–Kier alpha value is -2.83. The summed E-state index contributed by atoms with van der Waals surface area (Å²) in [6.07, 6.45) is 0.875. The first-order valence-electron chi connectivity index (χ1n) is 9.07. The zero-order chi connectivity index (χ0) is 20.0. The number of hydrogen-bond acceptors (Lipinski definition) is 4. The first-order chi connectivity index (χ1) is 12.8. The standard InChI is InChI=1S/C20H28N4O3/c1-13(2)22-20(26)12-21-19(25)10-9-18-14(3)23-24(15(18)4)16-7-6-8-17(11-16)27-5/h6-8,11,13H,9-10,12H2,1-5H3,(H,21,25)(H,22,26). The molecule has 7 nitrogen and oxygen atoms in total. The smallest absolute Gasteiger partial charge is 0.239 e. The van der Waals surface area contributed by atoms with Crippen LogP contribution in [0.5, 0.6) is 5.75 Å². The van der Waals surface area contributed by atoms with Crippen molar-refractivity contribution in [2.24, 2.45) is 0 Å². The van der Waals surface area contributed by atoms with Crippen LogP contribution in [0.2, 0.25) is 0 Å². The zero-order valence-electron chi connectivity index (χ0n) is 16.6. The second-order valence-corrected chi connectivity index (χ2v) is 6.76. The predicted molar refractivity (Wildman–Crippen MR) is 104 cm³/mol. The molecule has 1 heterocycles. The Morgan fingerprint density at radius 2 is 1.96 bits per heavy atom. The fraction of sp³-hybridized carbons (Fsp3) is 0.450. The van der Waals surface area contributed by atoms with Crippen LogP contribution < -0.4 is 15.4 Å². The normalized spacial score (nSPS) is 10.7. The average molecular weight is 372 g/mol. The molecule has 0 unspecified atom stereocenters. The molecule has 0 fully saturated rings. The third-order valence-electron chi connectivity index (χ3n) is 4.24. The maximum absolute atomic E-state index is 12.1. The van der Waals surface area contributed by atoms with Gasteiger partial charge >= 0.3 is 0 Å². The summed E-state index contributed by atoms with van der Waals surface area (Å²) >= 11 is 0. The molecule has 0 saturated heterocycles. The molecule has 27 heavy (non-hydrogen) atoms. The van der Waals surface area contributed by atoms with E-state index in [1.54, 1.807) is 7.11 Å². The summed E-state index contributed by atoms with van der Waals surface area (Å²) in [5.41, 5.74) is 3.84. The van der Waals surface area contributed by atoms with Gasteiger partial charge in [-0.25, -0.2) is 4.68 Å². The number of hydrogen-bond donors (Lipinski definition) is 2. The lowest BCUT2D eigenvalue weighted by atomic mass is 10.1. The van der Waals surface area contributed by atoms with E-state index in [0.717, 1.165) is 28.4 Å². The van der Waals surface area contributed by atoms with Crippen LogP contribution >= 0.6 is 0 Å². The predicted octanol–water partition coefficient (Wildman–Crippen LogP) is 2.07. The molecule has 7 heteroatoms. The van der Waals surface area contributed by atoms with Crippen LogP contribution in [0.1, 0.15) is 37.2 Å². The largest absolute Gasteiger partial charge is 0.497 e. The number of aromatic nitrogens is 2. The van der Waals surface area contributed by atoms with Crippen molar-refractivity contribution in [1.29, 1.82) is 0 Å². The number of ether oxygens (including phenoxy) is 1. The molecule has 0 spiro atoms. The number of rotatable bonds is 8. The third-order valence-corrected chi connectivity index (χ3v) is 4.24. The molecule has 0 aliphatic heterocycles. The summed E-state index contributed by atoms with van der Waals surface area (Å²) in [6, 6.07) is 7.74. The number of aryl methyl sites for hydroxylation is 1. The number of benzene rings is 1. The lowest BCUT2D eigenvalue weighted by Gasteiger charge is -2.09. The molecule has 1 aromatic heterocycles. The van der Waals surface area contributed by atoms with Crippen molar-refractivity contribution < 1.29 is 14.3 Å². The van der Waals surface area contributed by atoms with E-state index in [1.165, 1.54) is 0 Å². The topological polar surface area (TPSA) is 85.2 Å². The maximum Gasteiger partial charge on any atom is 0.239 e. The molecule has 0 aliphatic rings. The summed E-state index contributed by atoms with van der Waals surface area (Å²) in [7, 11) is 1.63. The van der Waals surface area contributed by atoms with Crippen molar-refractivity contribution in [3.05, 3.63) is 41.2 Å². The minimum absolute atomic E-state index is 0.00194. The van der Waals surface area contributed by atoms with Crippen LogP contribution in [0.3, 0.4) is 0 Å². The van der Waals surface area contributed by atoms with Crippen molar-refractivity contribution >= 4 is 11.8 Å². The van der Waals surface area contributed by atoms with E-state index >= 15 is 0 Å². The van der Waals surface area contributed by atoms with Gasteiger partial charge in [-0.3, -0.25) is 9.59 Å². The Balaban J connectivity index is 2.00. The van der Waals surface area contributed by atoms with Crippen molar-refractivity contribution in [1.82, 2.24) is 20.4 Å². The molecular formula is C20H28N4O3. The number of carbonyl (C=O) groups excluding carboxylic acids is 2. The van der Waals surface area contributed by atoms with Crippen molar-refractivity contribution in [3.63, 3.8) is 0 Å². The Morgan fingerprint density at radius 3 is 2.63 bits per heavy atom. The number of nitrogens with zero attached hydrogens (tertiary/aromatic N) is 2. The highest BCUT2D eigenvalue weighted by Gasteiger charge is 2.15. The molecule has 2 N–H and O–H groups in total.